The third-order valence-electron chi connectivity index (χ3n) is 3.93. The highest BCUT2D eigenvalue weighted by Gasteiger charge is 2.22. The van der Waals surface area contributed by atoms with Crippen molar-refractivity contribution in [3.05, 3.63) is 59.7 Å². The van der Waals surface area contributed by atoms with Gasteiger partial charge in [0.15, 0.2) is 0 Å². The second kappa shape index (κ2) is 8.68. The molecule has 2 aromatic carbocycles. The first-order valence-electron chi connectivity index (χ1n) is 8.23. The lowest BCUT2D eigenvalue weighted by Gasteiger charge is -2.23. The minimum atomic E-state index is -3.62. The Bertz CT molecular complexity index is 938. The van der Waals surface area contributed by atoms with Crippen molar-refractivity contribution in [3.63, 3.8) is 0 Å². The quantitative estimate of drug-likeness (QED) is 0.581. The molecule has 0 spiro atoms. The summed E-state index contributed by atoms with van der Waals surface area (Å²) in [5.74, 6) is 0.189. The van der Waals surface area contributed by atoms with Crippen molar-refractivity contribution < 1.29 is 17.9 Å². The number of hydrazone groups is 1. The molecule has 0 saturated heterocycles. The summed E-state index contributed by atoms with van der Waals surface area (Å²) in [5, 5.41) is 4.06. The molecule has 8 heteroatoms. The smallest absolute Gasteiger partial charge is 0.260 e. The van der Waals surface area contributed by atoms with Crippen LogP contribution in [0.5, 0.6) is 5.75 Å². The predicted molar refractivity (Wildman–Crippen MR) is 107 cm³/mol. The number of aryl methyl sites for hydroxylation is 1. The number of para-hydroxylation sites is 1. The molecule has 0 aliphatic carbocycles. The van der Waals surface area contributed by atoms with Gasteiger partial charge in [0, 0.05) is 0 Å². The monoisotopic (exact) mass is 389 g/mol. The van der Waals surface area contributed by atoms with Crippen LogP contribution in [-0.4, -0.2) is 39.9 Å². The fourth-order valence-electron chi connectivity index (χ4n) is 2.43. The van der Waals surface area contributed by atoms with E-state index in [0.29, 0.717) is 11.4 Å². The maximum Gasteiger partial charge on any atom is 0.260 e. The molecule has 2 rings (SSSR count). The molecular weight excluding hydrogens is 366 g/mol. The number of sulfonamides is 1. The van der Waals surface area contributed by atoms with Gasteiger partial charge in [-0.3, -0.25) is 9.10 Å². The van der Waals surface area contributed by atoms with Gasteiger partial charge in [0.25, 0.3) is 5.91 Å². The zero-order chi connectivity index (χ0) is 20.0. The van der Waals surface area contributed by atoms with Crippen LogP contribution in [0.4, 0.5) is 5.69 Å². The first kappa shape index (κ1) is 20.4. The molecule has 7 nitrogen and oxygen atoms in total. The van der Waals surface area contributed by atoms with E-state index in [-0.39, 0.29) is 6.54 Å². The van der Waals surface area contributed by atoms with Crippen molar-refractivity contribution >= 4 is 27.3 Å². The fraction of sp³-hybridized carbons (Fsp3) is 0.263. The number of benzene rings is 2. The Kier molecular flexibility index (Phi) is 6.57. The van der Waals surface area contributed by atoms with Gasteiger partial charge in [-0.25, -0.2) is 13.8 Å². The van der Waals surface area contributed by atoms with E-state index >= 15 is 0 Å². The number of anilines is 1. The van der Waals surface area contributed by atoms with E-state index in [1.165, 1.54) is 0 Å². The van der Waals surface area contributed by atoms with Crippen molar-refractivity contribution in [2.45, 2.75) is 13.8 Å². The van der Waals surface area contributed by atoms with Crippen molar-refractivity contribution in [2.75, 3.05) is 24.2 Å². The summed E-state index contributed by atoms with van der Waals surface area (Å²) in [5.41, 5.74) is 5.04. The molecule has 0 aliphatic rings. The summed E-state index contributed by atoms with van der Waals surface area (Å²) in [7, 11) is -2.04. The molecule has 144 valence electrons. The van der Waals surface area contributed by atoms with E-state index in [9.17, 15) is 13.2 Å². The Labute approximate surface area is 159 Å². The van der Waals surface area contributed by atoms with Gasteiger partial charge in [-0.15, -0.1) is 0 Å². The summed E-state index contributed by atoms with van der Waals surface area (Å²) < 4.78 is 30.4. The molecule has 0 atom stereocenters. The van der Waals surface area contributed by atoms with Crippen molar-refractivity contribution in [2.24, 2.45) is 5.10 Å². The molecular formula is C19H23N3O4S. The largest absolute Gasteiger partial charge is 0.497 e. The molecule has 27 heavy (non-hydrogen) atoms. The van der Waals surface area contributed by atoms with Gasteiger partial charge in [0.05, 0.1) is 24.8 Å². The minimum absolute atomic E-state index is 0.358. The van der Waals surface area contributed by atoms with E-state index in [1.807, 2.05) is 18.2 Å². The highest BCUT2D eigenvalue weighted by atomic mass is 32.2. The zero-order valence-corrected chi connectivity index (χ0v) is 16.6. The van der Waals surface area contributed by atoms with Gasteiger partial charge in [0.2, 0.25) is 10.0 Å². The molecule has 0 heterocycles. The molecule has 1 N–H and O–H groups in total. The summed E-state index contributed by atoms with van der Waals surface area (Å²) >= 11 is 0. The number of carbonyl (C=O) groups is 1. The molecule has 0 radical (unpaired) electrons. The molecule has 0 unspecified atom stereocenters. The standard InChI is InChI=1S/C19H23N3O4S/c1-14-7-5-6-8-18(14)22(27(4,24)25)13-19(23)21-20-15(2)16-9-11-17(26-3)12-10-16/h5-12H,13H2,1-4H3,(H,21,23)/b20-15-. The minimum Gasteiger partial charge on any atom is -0.497 e. The van der Waals surface area contributed by atoms with E-state index in [2.05, 4.69) is 10.5 Å². The lowest BCUT2D eigenvalue weighted by atomic mass is 10.1. The lowest BCUT2D eigenvalue weighted by Crippen LogP contribution is -2.39. The summed E-state index contributed by atoms with van der Waals surface area (Å²) in [6, 6.07) is 14.2. The van der Waals surface area contributed by atoms with Crippen LogP contribution in [0.15, 0.2) is 53.6 Å². The van der Waals surface area contributed by atoms with E-state index in [0.717, 1.165) is 27.4 Å². The molecule has 0 fully saturated rings. The van der Waals surface area contributed by atoms with Gasteiger partial charge in [-0.1, -0.05) is 18.2 Å². The van der Waals surface area contributed by atoms with E-state index < -0.39 is 15.9 Å². The van der Waals surface area contributed by atoms with Crippen LogP contribution in [0.1, 0.15) is 18.1 Å². The SMILES string of the molecule is COc1ccc(/C(C)=N\NC(=O)CN(c2ccccc2C)S(C)(=O)=O)cc1. The highest BCUT2D eigenvalue weighted by Crippen LogP contribution is 2.21. The number of ether oxygens (including phenoxy) is 1. The number of nitrogens with zero attached hydrogens (tertiary/aromatic N) is 2. The normalized spacial score (nSPS) is 11.8. The van der Waals surface area contributed by atoms with Crippen molar-refractivity contribution in [1.29, 1.82) is 0 Å². The van der Waals surface area contributed by atoms with Gasteiger partial charge in [0.1, 0.15) is 12.3 Å². The Morgan fingerprint density at radius 3 is 2.33 bits per heavy atom. The van der Waals surface area contributed by atoms with Crippen LogP contribution < -0.4 is 14.5 Å². The van der Waals surface area contributed by atoms with Crippen LogP contribution in [0, 0.1) is 6.92 Å². The molecule has 2 aromatic rings. The Morgan fingerprint density at radius 1 is 1.15 bits per heavy atom. The number of hydrogen-bond acceptors (Lipinski definition) is 5. The van der Waals surface area contributed by atoms with Crippen molar-refractivity contribution in [1.82, 2.24) is 5.43 Å². The Morgan fingerprint density at radius 2 is 1.78 bits per heavy atom. The third-order valence-corrected chi connectivity index (χ3v) is 5.05. The summed E-state index contributed by atoms with van der Waals surface area (Å²) in [6.45, 7) is 3.18. The van der Waals surface area contributed by atoms with Gasteiger partial charge >= 0.3 is 0 Å². The predicted octanol–water partition coefficient (Wildman–Crippen LogP) is 2.31. The van der Waals surface area contributed by atoms with Gasteiger partial charge in [-0.2, -0.15) is 5.10 Å². The zero-order valence-electron chi connectivity index (χ0n) is 15.8. The average Bonchev–Trinajstić information content (AvgIpc) is 2.64. The second-order valence-electron chi connectivity index (χ2n) is 6.02. The topological polar surface area (TPSA) is 88.1 Å². The molecule has 0 aromatic heterocycles. The third kappa shape index (κ3) is 5.55. The average molecular weight is 389 g/mol. The lowest BCUT2D eigenvalue weighted by molar-refractivity contribution is -0.119. The first-order chi connectivity index (χ1) is 12.7. The van der Waals surface area contributed by atoms with Crippen molar-refractivity contribution in [3.8, 4) is 5.75 Å². The van der Waals surface area contributed by atoms with Crippen LogP contribution in [0.3, 0.4) is 0 Å². The number of nitrogens with one attached hydrogen (secondary N) is 1. The van der Waals surface area contributed by atoms with Crippen LogP contribution in [0.25, 0.3) is 0 Å². The molecule has 0 aliphatic heterocycles. The fourth-order valence-corrected chi connectivity index (χ4v) is 3.35. The number of methoxy groups -OCH3 is 1. The summed E-state index contributed by atoms with van der Waals surface area (Å²) in [6.07, 6.45) is 1.07. The maximum atomic E-state index is 12.3. The number of rotatable bonds is 7. The number of carbonyl (C=O) groups excluding carboxylic acids is 1. The van der Waals surface area contributed by atoms with E-state index in [4.69, 9.17) is 4.74 Å². The van der Waals surface area contributed by atoms with E-state index in [1.54, 1.807) is 51.3 Å². The summed E-state index contributed by atoms with van der Waals surface area (Å²) in [4.78, 5) is 12.3. The second-order valence-corrected chi connectivity index (χ2v) is 7.92. The van der Waals surface area contributed by atoms with Crippen LogP contribution in [-0.2, 0) is 14.8 Å². The Hall–Kier alpha value is -2.87. The maximum absolute atomic E-state index is 12.3. The highest BCUT2D eigenvalue weighted by molar-refractivity contribution is 7.92. The molecule has 0 saturated carbocycles. The molecule has 1 amide bonds. The van der Waals surface area contributed by atoms with Gasteiger partial charge in [-0.05, 0) is 55.3 Å². The first-order valence-corrected chi connectivity index (χ1v) is 10.1. The molecule has 0 bridgehead atoms. The van der Waals surface area contributed by atoms with Crippen LogP contribution in [0.2, 0.25) is 0 Å². The van der Waals surface area contributed by atoms with Crippen LogP contribution >= 0.6 is 0 Å². The van der Waals surface area contributed by atoms with Gasteiger partial charge < -0.3 is 4.74 Å². The Balaban J connectivity index is 2.12. The number of amides is 1. The number of hydrogen-bond donors (Lipinski definition) is 1.